The number of nitrogens with zero attached hydrogens (tertiary/aromatic N) is 1. The van der Waals surface area contributed by atoms with Crippen molar-refractivity contribution in [2.45, 2.75) is 0 Å². The molecular formula is C5H15ClMgNO4P. The zero-order chi connectivity index (χ0) is 9.12. The van der Waals surface area contributed by atoms with Crippen molar-refractivity contribution in [3.63, 3.8) is 0 Å². The topological polar surface area (TPSA) is 66.8 Å². The van der Waals surface area contributed by atoms with Crippen molar-refractivity contribution in [1.29, 1.82) is 0 Å². The molecule has 0 fully saturated rings. The van der Waals surface area contributed by atoms with E-state index in [1.165, 1.54) is 0 Å². The number of rotatable bonds is 4. The molecule has 0 bridgehead atoms. The van der Waals surface area contributed by atoms with Crippen LogP contribution < -0.4 is 12.4 Å². The molecule has 13 heavy (non-hydrogen) atoms. The summed E-state index contributed by atoms with van der Waals surface area (Å²) in [6, 6.07) is 0. The van der Waals surface area contributed by atoms with Gasteiger partial charge in [0.1, 0.15) is 13.2 Å². The summed E-state index contributed by atoms with van der Waals surface area (Å²) in [5, 5.41) is 0. The van der Waals surface area contributed by atoms with E-state index < -0.39 is 7.82 Å². The van der Waals surface area contributed by atoms with E-state index in [9.17, 15) is 4.57 Å². The van der Waals surface area contributed by atoms with Gasteiger partial charge >= 0.3 is 7.82 Å². The number of quaternary nitrogens is 1. The van der Waals surface area contributed by atoms with Crippen LogP contribution >= 0.6 is 7.82 Å². The van der Waals surface area contributed by atoms with Gasteiger partial charge in [0.2, 0.25) is 0 Å². The van der Waals surface area contributed by atoms with E-state index in [2.05, 4.69) is 4.52 Å². The van der Waals surface area contributed by atoms with Crippen LogP contribution in [0.3, 0.4) is 0 Å². The lowest BCUT2D eigenvalue weighted by Crippen LogP contribution is -3.00. The van der Waals surface area contributed by atoms with Crippen molar-refractivity contribution in [3.8, 4) is 0 Å². The van der Waals surface area contributed by atoms with Gasteiger partial charge in [-0.05, 0) is 0 Å². The SMILES string of the molecule is C[N+](C)(C)CCOP(=O)(O)O.[Cl-].[Mg]. The molecule has 2 radical (unpaired) electrons. The molecule has 0 aromatic carbocycles. The molecule has 0 aliphatic rings. The lowest BCUT2D eigenvalue weighted by molar-refractivity contribution is -0.870. The van der Waals surface area contributed by atoms with Crippen LogP contribution in [0.1, 0.15) is 0 Å². The maximum atomic E-state index is 10.2. The molecule has 0 aromatic heterocycles. The fourth-order valence-corrected chi connectivity index (χ4v) is 0.753. The fourth-order valence-electron chi connectivity index (χ4n) is 0.434. The molecule has 0 saturated heterocycles. The van der Waals surface area contributed by atoms with Gasteiger partial charge in [0.15, 0.2) is 0 Å². The quantitative estimate of drug-likeness (QED) is 0.305. The van der Waals surface area contributed by atoms with Crippen molar-refractivity contribution in [2.24, 2.45) is 0 Å². The molecule has 0 rings (SSSR count). The van der Waals surface area contributed by atoms with Gasteiger partial charge in [-0.25, -0.2) is 4.57 Å². The minimum atomic E-state index is -4.26. The Labute approximate surface area is 101 Å². The Balaban J connectivity index is -0.000000500. The molecule has 0 saturated carbocycles. The van der Waals surface area contributed by atoms with Gasteiger partial charge in [-0.2, -0.15) is 0 Å². The van der Waals surface area contributed by atoms with Crippen LogP contribution in [-0.2, 0) is 9.09 Å². The number of hydrogen-bond donors (Lipinski definition) is 2. The van der Waals surface area contributed by atoms with Crippen molar-refractivity contribution in [1.82, 2.24) is 0 Å². The third-order valence-corrected chi connectivity index (χ3v) is 1.54. The first-order chi connectivity index (χ1) is 4.71. The molecule has 78 valence electrons. The summed E-state index contributed by atoms with van der Waals surface area (Å²) in [6.07, 6.45) is 0. The Morgan fingerprint density at radius 1 is 1.31 bits per heavy atom. The van der Waals surface area contributed by atoms with Crippen LogP contribution in [0, 0.1) is 0 Å². The van der Waals surface area contributed by atoms with E-state index in [1.807, 2.05) is 21.1 Å². The van der Waals surface area contributed by atoms with Crippen LogP contribution in [0.15, 0.2) is 0 Å². The Bertz CT molecular complexity index is 168. The molecule has 0 amide bonds. The standard InChI is InChI=1S/C5H14NO4P.ClH.Mg/c1-6(2,3)4-5-10-11(7,8)9;;/h4-5H2,1-3H3,(H-,7,8,9);1H;. The lowest BCUT2D eigenvalue weighted by atomic mass is 10.5. The zero-order valence-electron chi connectivity index (χ0n) is 8.10. The smallest absolute Gasteiger partial charge is 0.469 e. The molecule has 0 aromatic rings. The summed E-state index contributed by atoms with van der Waals surface area (Å²) in [5.74, 6) is 0. The van der Waals surface area contributed by atoms with Gasteiger partial charge in [-0.1, -0.05) is 0 Å². The summed E-state index contributed by atoms with van der Waals surface area (Å²) >= 11 is 0. The van der Waals surface area contributed by atoms with Gasteiger partial charge in [-0.15, -0.1) is 0 Å². The third kappa shape index (κ3) is 19.5. The summed E-state index contributed by atoms with van der Waals surface area (Å²) in [5.41, 5.74) is 0. The van der Waals surface area contributed by atoms with Crippen molar-refractivity contribution >= 4 is 30.9 Å². The highest BCUT2D eigenvalue weighted by Crippen LogP contribution is 2.35. The molecule has 0 atom stereocenters. The molecule has 0 spiro atoms. The molecule has 0 aliphatic carbocycles. The first-order valence-electron chi connectivity index (χ1n) is 3.21. The van der Waals surface area contributed by atoms with Crippen molar-refractivity contribution in [2.75, 3.05) is 34.3 Å². The molecule has 5 nitrogen and oxygen atoms in total. The van der Waals surface area contributed by atoms with Crippen LogP contribution in [0.2, 0.25) is 0 Å². The van der Waals surface area contributed by atoms with E-state index in [-0.39, 0.29) is 42.1 Å². The predicted octanol–water partition coefficient (Wildman–Crippen LogP) is -3.57. The summed E-state index contributed by atoms with van der Waals surface area (Å²) in [7, 11) is 1.50. The average molecular weight is 244 g/mol. The van der Waals surface area contributed by atoms with Crippen LogP contribution in [0.25, 0.3) is 0 Å². The normalized spacial score (nSPS) is 11.5. The van der Waals surface area contributed by atoms with Crippen LogP contribution in [0.4, 0.5) is 0 Å². The number of phosphoric ester groups is 1. The van der Waals surface area contributed by atoms with E-state index >= 15 is 0 Å². The predicted molar refractivity (Wildman–Crippen MR) is 46.6 cm³/mol. The minimum Gasteiger partial charge on any atom is -1.00 e. The van der Waals surface area contributed by atoms with Gasteiger partial charge in [0.25, 0.3) is 0 Å². The van der Waals surface area contributed by atoms with Gasteiger partial charge in [0.05, 0.1) is 21.1 Å². The molecular weight excluding hydrogens is 229 g/mol. The molecule has 0 unspecified atom stereocenters. The Kier molecular flexibility index (Phi) is 11.2. The van der Waals surface area contributed by atoms with E-state index in [0.717, 1.165) is 0 Å². The Hall–Kier alpha value is 1.13. The summed E-state index contributed by atoms with van der Waals surface area (Å²) in [6.45, 7) is 0.652. The highest BCUT2D eigenvalue weighted by molar-refractivity contribution is 7.46. The maximum Gasteiger partial charge on any atom is 0.469 e. The average Bonchev–Trinajstić information content (AvgIpc) is 1.55. The van der Waals surface area contributed by atoms with Crippen molar-refractivity contribution < 1.29 is 35.8 Å². The lowest BCUT2D eigenvalue weighted by Gasteiger charge is -2.23. The van der Waals surface area contributed by atoms with E-state index in [1.54, 1.807) is 0 Å². The highest BCUT2D eigenvalue weighted by atomic mass is 35.5. The molecule has 2 N–H and O–H groups in total. The number of likely N-dealkylation sites (N-methyl/N-ethyl adjacent to an activating group) is 1. The van der Waals surface area contributed by atoms with Gasteiger partial charge in [-0.3, -0.25) is 4.52 Å². The monoisotopic (exact) mass is 243 g/mol. The molecule has 0 heterocycles. The summed E-state index contributed by atoms with van der Waals surface area (Å²) in [4.78, 5) is 16.6. The highest BCUT2D eigenvalue weighted by Gasteiger charge is 2.15. The van der Waals surface area contributed by atoms with Crippen LogP contribution in [0.5, 0.6) is 0 Å². The second-order valence-corrected chi connectivity index (χ2v) is 4.58. The number of hydrogen-bond acceptors (Lipinski definition) is 2. The summed E-state index contributed by atoms with van der Waals surface area (Å²) < 4.78 is 15.1. The largest absolute Gasteiger partial charge is 1.00 e. The molecule has 0 aliphatic heterocycles. The van der Waals surface area contributed by atoms with Gasteiger partial charge in [0, 0.05) is 23.1 Å². The van der Waals surface area contributed by atoms with Crippen molar-refractivity contribution in [3.05, 3.63) is 0 Å². The van der Waals surface area contributed by atoms with Crippen LogP contribution in [-0.4, -0.2) is 71.6 Å². The minimum absolute atomic E-state index is 0. The van der Waals surface area contributed by atoms with E-state index in [0.29, 0.717) is 11.0 Å². The first kappa shape index (κ1) is 19.7. The second kappa shape index (κ2) is 7.42. The Morgan fingerprint density at radius 2 is 1.69 bits per heavy atom. The third-order valence-electron chi connectivity index (χ3n) is 1.02. The van der Waals surface area contributed by atoms with E-state index in [4.69, 9.17) is 9.79 Å². The number of halogens is 1. The first-order valence-corrected chi connectivity index (χ1v) is 4.74. The second-order valence-electron chi connectivity index (χ2n) is 3.34. The fraction of sp³-hybridized carbons (Fsp3) is 1.00. The maximum absolute atomic E-state index is 10.2. The van der Waals surface area contributed by atoms with Gasteiger partial charge < -0.3 is 26.7 Å². The Morgan fingerprint density at radius 3 is 1.92 bits per heavy atom. The zero-order valence-corrected chi connectivity index (χ0v) is 11.2. The number of phosphoric acid groups is 1. The molecule has 8 heteroatoms.